The molecule has 1 N–H and O–H groups in total. The fourth-order valence-electron chi connectivity index (χ4n) is 4.11. The normalized spacial score (nSPS) is 19.2. The fraction of sp³-hybridized carbons (Fsp3) is 0.650. The molecule has 3 rings (SSSR count). The molecule has 0 aromatic heterocycles. The van der Waals surface area contributed by atoms with Crippen LogP contribution in [0, 0.1) is 5.82 Å². The van der Waals surface area contributed by atoms with Gasteiger partial charge < -0.3 is 14.9 Å². The van der Waals surface area contributed by atoms with Gasteiger partial charge in [-0.2, -0.15) is 0 Å². The van der Waals surface area contributed by atoms with Crippen LogP contribution < -0.4 is 4.90 Å². The minimum Gasteiger partial charge on any atom is -0.395 e. The Hall–Kier alpha value is -1.66. The minimum atomic E-state index is -0.228. The third-order valence-electron chi connectivity index (χ3n) is 5.64. The van der Waals surface area contributed by atoms with E-state index >= 15 is 0 Å². The zero-order valence-electron chi connectivity index (χ0n) is 15.4. The van der Waals surface area contributed by atoms with Gasteiger partial charge in [-0.15, -0.1) is 0 Å². The Morgan fingerprint density at radius 2 is 1.73 bits per heavy atom. The Balaban J connectivity index is 1.51. The molecular weight excluding hydrogens is 333 g/mol. The molecule has 2 aliphatic rings. The first-order valence-electron chi connectivity index (χ1n) is 9.80. The van der Waals surface area contributed by atoms with E-state index in [0.29, 0.717) is 32.2 Å². The van der Waals surface area contributed by atoms with Gasteiger partial charge in [0.05, 0.1) is 13.2 Å². The van der Waals surface area contributed by atoms with Crippen molar-refractivity contribution in [3.63, 3.8) is 0 Å². The highest BCUT2D eigenvalue weighted by molar-refractivity contribution is 5.78. The smallest absolute Gasteiger partial charge is 0.236 e. The van der Waals surface area contributed by atoms with E-state index in [9.17, 15) is 14.3 Å². The molecular formula is C20H30FN3O2. The summed E-state index contributed by atoms with van der Waals surface area (Å²) in [6.45, 7) is 3.99. The molecule has 0 unspecified atom stereocenters. The number of piperazine rings is 1. The van der Waals surface area contributed by atoms with Gasteiger partial charge in [0.1, 0.15) is 5.82 Å². The Kier molecular flexibility index (Phi) is 6.86. The van der Waals surface area contributed by atoms with Crippen LogP contribution in [-0.2, 0) is 4.79 Å². The molecule has 0 spiro atoms. The number of aliphatic hydroxyl groups is 1. The lowest BCUT2D eigenvalue weighted by Crippen LogP contribution is -2.52. The van der Waals surface area contributed by atoms with E-state index in [2.05, 4.69) is 9.80 Å². The number of hydrogen-bond acceptors (Lipinski definition) is 4. The second kappa shape index (κ2) is 9.33. The molecule has 0 radical (unpaired) electrons. The summed E-state index contributed by atoms with van der Waals surface area (Å²) in [5.41, 5.74) is 1.00. The predicted octanol–water partition coefficient (Wildman–Crippen LogP) is 2.10. The number of anilines is 1. The van der Waals surface area contributed by atoms with Crippen LogP contribution in [0.1, 0.15) is 32.1 Å². The first-order chi connectivity index (χ1) is 12.7. The predicted molar refractivity (Wildman–Crippen MR) is 101 cm³/mol. The number of halogens is 1. The van der Waals surface area contributed by atoms with E-state index in [0.717, 1.165) is 31.6 Å². The van der Waals surface area contributed by atoms with Gasteiger partial charge >= 0.3 is 0 Å². The van der Waals surface area contributed by atoms with Gasteiger partial charge in [-0.1, -0.05) is 19.3 Å². The fourth-order valence-corrected chi connectivity index (χ4v) is 4.11. The number of carbonyl (C=O) groups excluding carboxylic acids is 1. The third-order valence-corrected chi connectivity index (χ3v) is 5.64. The lowest BCUT2D eigenvalue weighted by molar-refractivity contribution is -0.133. The van der Waals surface area contributed by atoms with Gasteiger partial charge in [-0.3, -0.25) is 9.69 Å². The molecule has 6 heteroatoms. The van der Waals surface area contributed by atoms with E-state index in [1.165, 1.54) is 31.4 Å². The van der Waals surface area contributed by atoms with E-state index in [1.807, 2.05) is 4.90 Å². The van der Waals surface area contributed by atoms with E-state index in [4.69, 9.17) is 0 Å². The molecule has 1 aromatic rings. The quantitative estimate of drug-likeness (QED) is 0.841. The molecule has 1 amide bonds. The largest absolute Gasteiger partial charge is 0.395 e. The third kappa shape index (κ3) is 4.95. The standard InChI is InChI=1S/C20H30FN3O2/c21-17-6-8-19(9-7-17)22-10-12-23(13-11-22)20(26)16-24(14-15-25)18-4-2-1-3-5-18/h6-9,18,25H,1-5,10-16H2. The molecule has 1 heterocycles. The number of hydrogen-bond donors (Lipinski definition) is 1. The maximum Gasteiger partial charge on any atom is 0.236 e. The van der Waals surface area contributed by atoms with Gasteiger partial charge in [0.2, 0.25) is 5.91 Å². The number of benzene rings is 1. The highest BCUT2D eigenvalue weighted by atomic mass is 19.1. The lowest BCUT2D eigenvalue weighted by Gasteiger charge is -2.38. The first kappa shape index (κ1) is 19.1. The zero-order valence-corrected chi connectivity index (χ0v) is 15.4. The van der Waals surface area contributed by atoms with Gasteiger partial charge in [0, 0.05) is 44.5 Å². The average Bonchev–Trinajstić information content (AvgIpc) is 2.69. The van der Waals surface area contributed by atoms with Crippen molar-refractivity contribution < 1.29 is 14.3 Å². The molecule has 1 aliphatic heterocycles. The highest BCUT2D eigenvalue weighted by Gasteiger charge is 2.26. The van der Waals surface area contributed by atoms with Crippen molar-refractivity contribution in [2.75, 3.05) is 50.8 Å². The molecule has 1 saturated carbocycles. The zero-order chi connectivity index (χ0) is 18.4. The number of carbonyl (C=O) groups is 1. The summed E-state index contributed by atoms with van der Waals surface area (Å²) in [6.07, 6.45) is 5.98. The van der Waals surface area contributed by atoms with Crippen LogP contribution in [0.25, 0.3) is 0 Å². The molecule has 0 atom stereocenters. The summed E-state index contributed by atoms with van der Waals surface area (Å²) in [5, 5.41) is 9.37. The highest BCUT2D eigenvalue weighted by Crippen LogP contribution is 2.23. The van der Waals surface area contributed by atoms with E-state index < -0.39 is 0 Å². The molecule has 2 fully saturated rings. The van der Waals surface area contributed by atoms with Crippen molar-refractivity contribution in [3.05, 3.63) is 30.1 Å². The monoisotopic (exact) mass is 363 g/mol. The van der Waals surface area contributed by atoms with Gasteiger partial charge in [-0.25, -0.2) is 4.39 Å². The number of aliphatic hydroxyl groups excluding tert-OH is 1. The first-order valence-corrected chi connectivity index (χ1v) is 9.80. The Labute approximate surface area is 155 Å². The summed E-state index contributed by atoms with van der Waals surface area (Å²) in [4.78, 5) is 19.0. The molecule has 0 bridgehead atoms. The SMILES string of the molecule is O=C(CN(CCO)C1CCCCC1)N1CCN(c2ccc(F)cc2)CC1. The van der Waals surface area contributed by atoms with Crippen molar-refractivity contribution in [2.24, 2.45) is 0 Å². The average molecular weight is 363 g/mol. The second-order valence-electron chi connectivity index (χ2n) is 7.33. The van der Waals surface area contributed by atoms with Crippen molar-refractivity contribution in [1.82, 2.24) is 9.80 Å². The van der Waals surface area contributed by atoms with Crippen LogP contribution in [0.4, 0.5) is 10.1 Å². The van der Waals surface area contributed by atoms with Crippen LogP contribution in [0.15, 0.2) is 24.3 Å². The van der Waals surface area contributed by atoms with Crippen LogP contribution in [0.3, 0.4) is 0 Å². The van der Waals surface area contributed by atoms with Crippen LogP contribution in [0.2, 0.25) is 0 Å². The summed E-state index contributed by atoms with van der Waals surface area (Å²) in [7, 11) is 0. The maximum atomic E-state index is 13.1. The number of rotatable bonds is 6. The van der Waals surface area contributed by atoms with Crippen LogP contribution >= 0.6 is 0 Å². The van der Waals surface area contributed by atoms with Crippen molar-refractivity contribution in [1.29, 1.82) is 0 Å². The van der Waals surface area contributed by atoms with Gasteiger partial charge in [0.25, 0.3) is 0 Å². The number of nitrogens with zero attached hydrogens (tertiary/aromatic N) is 3. The molecule has 144 valence electrons. The van der Waals surface area contributed by atoms with Gasteiger partial charge in [-0.05, 0) is 37.1 Å². The molecule has 1 aliphatic carbocycles. The van der Waals surface area contributed by atoms with Crippen LogP contribution in [0.5, 0.6) is 0 Å². The Morgan fingerprint density at radius 1 is 1.08 bits per heavy atom. The molecule has 5 nitrogen and oxygen atoms in total. The second-order valence-corrected chi connectivity index (χ2v) is 7.33. The Bertz CT molecular complexity index is 567. The topological polar surface area (TPSA) is 47.0 Å². The van der Waals surface area contributed by atoms with Crippen molar-refractivity contribution >= 4 is 11.6 Å². The minimum absolute atomic E-state index is 0.0993. The molecule has 26 heavy (non-hydrogen) atoms. The van der Waals surface area contributed by atoms with Crippen molar-refractivity contribution in [2.45, 2.75) is 38.1 Å². The summed E-state index contributed by atoms with van der Waals surface area (Å²) in [6, 6.07) is 6.96. The summed E-state index contributed by atoms with van der Waals surface area (Å²) >= 11 is 0. The van der Waals surface area contributed by atoms with E-state index in [-0.39, 0.29) is 18.3 Å². The van der Waals surface area contributed by atoms with Crippen LogP contribution in [-0.4, -0.2) is 72.7 Å². The number of amides is 1. The summed E-state index contributed by atoms with van der Waals surface area (Å²) < 4.78 is 13.1. The summed E-state index contributed by atoms with van der Waals surface area (Å²) in [5.74, 6) is -0.0722. The van der Waals surface area contributed by atoms with E-state index in [1.54, 1.807) is 12.1 Å². The Morgan fingerprint density at radius 3 is 2.35 bits per heavy atom. The van der Waals surface area contributed by atoms with Crippen molar-refractivity contribution in [3.8, 4) is 0 Å². The van der Waals surface area contributed by atoms with Gasteiger partial charge in [0.15, 0.2) is 0 Å². The maximum absolute atomic E-state index is 13.1. The molecule has 1 aromatic carbocycles. The lowest BCUT2D eigenvalue weighted by atomic mass is 9.94. The molecule has 1 saturated heterocycles.